The van der Waals surface area contributed by atoms with Gasteiger partial charge in [-0.2, -0.15) is 0 Å². The Morgan fingerprint density at radius 2 is 0.730 bits per heavy atom. The first-order valence-corrected chi connectivity index (χ1v) is 12.4. The molecular weight excluding hydrogens is 450 g/mol. The van der Waals surface area contributed by atoms with Crippen molar-refractivity contribution in [2.75, 3.05) is 0 Å². The summed E-state index contributed by atoms with van der Waals surface area (Å²) in [5.74, 6) is 0. The fraction of sp³-hybridized carbons (Fsp3) is 0. The average molecular weight is 474 g/mol. The number of aliphatic imine (C=N–C) groups is 2. The molecule has 1 heterocycles. The molecule has 7 rings (SSSR count). The first kappa shape index (κ1) is 21.3. The molecule has 0 aliphatic carbocycles. The summed E-state index contributed by atoms with van der Waals surface area (Å²) < 4.78 is 0. The van der Waals surface area contributed by atoms with Crippen molar-refractivity contribution in [3.63, 3.8) is 0 Å². The smallest absolute Gasteiger partial charge is 0.0787 e. The Morgan fingerprint density at radius 3 is 1.08 bits per heavy atom. The van der Waals surface area contributed by atoms with Gasteiger partial charge in [0.25, 0.3) is 0 Å². The summed E-state index contributed by atoms with van der Waals surface area (Å²) in [7, 11) is 0. The van der Waals surface area contributed by atoms with Crippen LogP contribution in [-0.4, -0.2) is 17.4 Å². The normalized spacial score (nSPS) is 12.1. The predicted molar refractivity (Wildman–Crippen MR) is 158 cm³/mol. The van der Waals surface area contributed by atoms with Gasteiger partial charge in [-0.3, -0.25) is 9.98 Å². The highest BCUT2D eigenvalue weighted by molar-refractivity contribution is 6.12. The van der Waals surface area contributed by atoms with Crippen LogP contribution in [0.1, 0.15) is 11.4 Å². The number of fused-ring (bicyclic) bond motifs is 4. The van der Waals surface area contributed by atoms with Crippen molar-refractivity contribution in [3.8, 4) is 0 Å². The summed E-state index contributed by atoms with van der Waals surface area (Å²) in [6.07, 6.45) is 3.80. The van der Waals surface area contributed by atoms with Gasteiger partial charge >= 0.3 is 0 Å². The van der Waals surface area contributed by atoms with Crippen molar-refractivity contribution in [1.29, 1.82) is 0 Å². The number of hydrogen-bond donors (Lipinski definition) is 1. The van der Waals surface area contributed by atoms with Gasteiger partial charge in [0.05, 0.1) is 35.2 Å². The van der Waals surface area contributed by atoms with Crippen LogP contribution < -0.4 is 0 Å². The van der Waals surface area contributed by atoms with Gasteiger partial charge in [-0.05, 0) is 45.8 Å². The van der Waals surface area contributed by atoms with Crippen molar-refractivity contribution in [2.24, 2.45) is 9.98 Å². The molecule has 0 unspecified atom stereocenters. The first-order valence-electron chi connectivity index (χ1n) is 12.4. The van der Waals surface area contributed by atoms with Crippen LogP contribution in [0.2, 0.25) is 0 Å². The maximum absolute atomic E-state index is 4.95. The lowest BCUT2D eigenvalue weighted by atomic mass is 10.0. The summed E-state index contributed by atoms with van der Waals surface area (Å²) in [6, 6.07) is 42.2. The largest absolute Gasteiger partial charge is 0.353 e. The van der Waals surface area contributed by atoms with Crippen LogP contribution in [-0.2, 0) is 0 Å². The molecule has 3 nitrogen and oxygen atoms in total. The number of aromatic amines is 1. The van der Waals surface area contributed by atoms with Crippen LogP contribution in [0, 0.1) is 0 Å². The van der Waals surface area contributed by atoms with Gasteiger partial charge in [0.15, 0.2) is 0 Å². The Hall–Kier alpha value is -5.02. The zero-order chi connectivity index (χ0) is 24.6. The van der Waals surface area contributed by atoms with Crippen LogP contribution in [0.5, 0.6) is 0 Å². The lowest BCUT2D eigenvalue weighted by Gasteiger charge is -2.07. The van der Waals surface area contributed by atoms with E-state index in [1.165, 1.54) is 21.5 Å². The third kappa shape index (κ3) is 3.87. The standard InChI is InChI=1S/C34H23N3/c1-5-13-29-23(9-1)19-24-10-2-6-14-30(24)33(29)35-21-27-17-18-28(37-27)22-36-34-31-15-7-3-11-25(31)20-26-12-4-8-16-32(26)34/h1-22,37H. The molecule has 1 N–H and O–H groups in total. The van der Waals surface area contributed by atoms with E-state index in [0.717, 1.165) is 44.3 Å². The third-order valence-electron chi connectivity index (χ3n) is 6.88. The number of benzene rings is 6. The van der Waals surface area contributed by atoms with Crippen LogP contribution in [0.15, 0.2) is 131 Å². The topological polar surface area (TPSA) is 40.5 Å². The highest BCUT2D eigenvalue weighted by Gasteiger charge is 2.07. The molecule has 0 fully saturated rings. The Balaban J connectivity index is 1.26. The molecule has 174 valence electrons. The van der Waals surface area contributed by atoms with E-state index in [4.69, 9.17) is 9.98 Å². The minimum Gasteiger partial charge on any atom is -0.353 e. The molecule has 0 spiro atoms. The monoisotopic (exact) mass is 473 g/mol. The highest BCUT2D eigenvalue weighted by Crippen LogP contribution is 2.36. The van der Waals surface area contributed by atoms with Crippen LogP contribution >= 0.6 is 0 Å². The zero-order valence-corrected chi connectivity index (χ0v) is 20.1. The van der Waals surface area contributed by atoms with E-state index in [2.05, 4.69) is 114 Å². The molecule has 7 aromatic rings. The molecule has 6 aromatic carbocycles. The second kappa shape index (κ2) is 8.89. The zero-order valence-electron chi connectivity index (χ0n) is 20.1. The molecule has 0 atom stereocenters. The molecule has 0 saturated carbocycles. The molecule has 37 heavy (non-hydrogen) atoms. The predicted octanol–water partition coefficient (Wildman–Crippen LogP) is 9.13. The van der Waals surface area contributed by atoms with Crippen LogP contribution in [0.4, 0.5) is 11.4 Å². The van der Waals surface area contributed by atoms with Gasteiger partial charge in [0, 0.05) is 21.5 Å². The summed E-state index contributed by atoms with van der Waals surface area (Å²) >= 11 is 0. The van der Waals surface area contributed by atoms with E-state index in [9.17, 15) is 0 Å². The Bertz CT molecular complexity index is 1740. The van der Waals surface area contributed by atoms with E-state index in [0.29, 0.717) is 0 Å². The number of aromatic nitrogens is 1. The Labute approximate surface area is 214 Å². The lowest BCUT2D eigenvalue weighted by Crippen LogP contribution is -1.86. The van der Waals surface area contributed by atoms with Crippen molar-refractivity contribution in [3.05, 3.63) is 133 Å². The minimum atomic E-state index is 0.932. The molecule has 0 aliphatic rings. The first-order chi connectivity index (χ1) is 18.3. The van der Waals surface area contributed by atoms with E-state index in [-0.39, 0.29) is 0 Å². The molecule has 0 radical (unpaired) electrons. The van der Waals surface area contributed by atoms with E-state index < -0.39 is 0 Å². The second-order valence-corrected chi connectivity index (χ2v) is 9.22. The number of H-pyrrole nitrogens is 1. The molecule has 0 amide bonds. The van der Waals surface area contributed by atoms with Gasteiger partial charge in [0.2, 0.25) is 0 Å². The molecule has 0 aliphatic heterocycles. The summed E-state index contributed by atoms with van der Waals surface area (Å²) in [5, 5.41) is 9.35. The SMILES string of the molecule is C(=Nc1c2ccccc2cc2ccccc12)c1ccc(C=Nc2c3ccccc3cc3ccccc23)[nH]1. The van der Waals surface area contributed by atoms with E-state index in [1.54, 1.807) is 0 Å². The minimum absolute atomic E-state index is 0.932. The average Bonchev–Trinajstić information content (AvgIpc) is 3.41. The van der Waals surface area contributed by atoms with Gasteiger partial charge in [-0.1, -0.05) is 97.1 Å². The second-order valence-electron chi connectivity index (χ2n) is 9.22. The van der Waals surface area contributed by atoms with Crippen molar-refractivity contribution < 1.29 is 0 Å². The molecule has 0 saturated heterocycles. The maximum Gasteiger partial charge on any atom is 0.0787 e. The summed E-state index contributed by atoms with van der Waals surface area (Å²) in [4.78, 5) is 13.3. The van der Waals surface area contributed by atoms with E-state index >= 15 is 0 Å². The van der Waals surface area contributed by atoms with E-state index in [1.807, 2.05) is 24.6 Å². The fourth-order valence-corrected chi connectivity index (χ4v) is 5.11. The quantitative estimate of drug-likeness (QED) is 0.196. The van der Waals surface area contributed by atoms with Crippen molar-refractivity contribution in [1.82, 2.24) is 4.98 Å². The Morgan fingerprint density at radius 1 is 0.405 bits per heavy atom. The van der Waals surface area contributed by atoms with Gasteiger partial charge in [-0.25, -0.2) is 0 Å². The van der Waals surface area contributed by atoms with Gasteiger partial charge in [-0.15, -0.1) is 0 Å². The fourth-order valence-electron chi connectivity index (χ4n) is 5.11. The molecule has 3 heteroatoms. The molecule has 1 aromatic heterocycles. The number of hydrogen-bond acceptors (Lipinski definition) is 2. The summed E-state index contributed by atoms with van der Waals surface area (Å²) in [5.41, 5.74) is 3.84. The van der Waals surface area contributed by atoms with Gasteiger partial charge < -0.3 is 4.98 Å². The number of nitrogens with zero attached hydrogens (tertiary/aromatic N) is 2. The molecular formula is C34H23N3. The number of nitrogens with one attached hydrogen (secondary N) is 1. The third-order valence-corrected chi connectivity index (χ3v) is 6.88. The molecule has 0 bridgehead atoms. The number of rotatable bonds is 4. The Kier molecular flexibility index (Phi) is 5.11. The lowest BCUT2D eigenvalue weighted by molar-refractivity contribution is 1.35. The van der Waals surface area contributed by atoms with Gasteiger partial charge in [0.1, 0.15) is 0 Å². The summed E-state index contributed by atoms with van der Waals surface area (Å²) in [6.45, 7) is 0. The van der Waals surface area contributed by atoms with Crippen molar-refractivity contribution >= 4 is 66.9 Å². The highest BCUT2D eigenvalue weighted by atomic mass is 14.8. The maximum atomic E-state index is 4.95. The van der Waals surface area contributed by atoms with Crippen LogP contribution in [0.3, 0.4) is 0 Å². The van der Waals surface area contributed by atoms with Crippen molar-refractivity contribution in [2.45, 2.75) is 0 Å². The van der Waals surface area contributed by atoms with Crippen LogP contribution in [0.25, 0.3) is 43.1 Å².